The molecule has 3 heterocycles. The molecule has 0 spiro atoms. The molecule has 0 aliphatic carbocycles. The summed E-state index contributed by atoms with van der Waals surface area (Å²) in [4.78, 5) is 32.9. The van der Waals surface area contributed by atoms with Crippen LogP contribution in [0.15, 0.2) is 47.2 Å². The Bertz CT molecular complexity index is 967. The molecule has 0 bridgehead atoms. The Morgan fingerprint density at radius 2 is 2.07 bits per heavy atom. The smallest absolute Gasteiger partial charge is 0.258 e. The van der Waals surface area contributed by atoms with Crippen LogP contribution >= 0.6 is 22.7 Å². The van der Waals surface area contributed by atoms with Gasteiger partial charge >= 0.3 is 0 Å². The number of thiophene rings is 1. The van der Waals surface area contributed by atoms with E-state index in [0.29, 0.717) is 23.8 Å². The maximum atomic E-state index is 13.1. The minimum atomic E-state index is -0.143. The van der Waals surface area contributed by atoms with Gasteiger partial charge in [0.15, 0.2) is 5.13 Å². The number of hydrogen-bond acceptors (Lipinski definition) is 5. The van der Waals surface area contributed by atoms with Gasteiger partial charge in [0, 0.05) is 23.2 Å². The Kier molecular flexibility index (Phi) is 5.54. The molecule has 3 aromatic rings. The van der Waals surface area contributed by atoms with Gasteiger partial charge in [-0.2, -0.15) is 11.3 Å². The molecule has 7 heteroatoms. The summed E-state index contributed by atoms with van der Waals surface area (Å²) in [6, 6.07) is 11.8. The van der Waals surface area contributed by atoms with E-state index in [4.69, 9.17) is 0 Å². The fourth-order valence-electron chi connectivity index (χ4n) is 3.46. The van der Waals surface area contributed by atoms with Crippen LogP contribution in [0.25, 0.3) is 0 Å². The summed E-state index contributed by atoms with van der Waals surface area (Å²) in [5.74, 6) is -0.0968. The van der Waals surface area contributed by atoms with Crippen molar-refractivity contribution in [1.82, 2.24) is 9.88 Å². The lowest BCUT2D eigenvalue weighted by Crippen LogP contribution is -2.38. The molecule has 1 aliphatic heterocycles. The van der Waals surface area contributed by atoms with E-state index in [9.17, 15) is 9.59 Å². The molecular weight excluding hydrogens is 390 g/mol. The minimum absolute atomic E-state index is 0.117. The Hall–Kier alpha value is -2.51. The number of carbonyl (C=O) groups excluding carboxylic acids is 2. The van der Waals surface area contributed by atoms with E-state index in [2.05, 4.69) is 17.2 Å². The molecule has 28 heavy (non-hydrogen) atoms. The standard InChI is InChI=1S/C21H21N3O2S2/c1-2-16(14-6-4-3-5-7-14)20(26)24-10-8-17-18(12-24)28-21(22-17)23-19(25)15-9-11-27-13-15/h3-7,9,11,13,16H,2,8,10,12H2,1H3,(H,22,23,25)/t16-/m1/s1. The Morgan fingerprint density at radius 3 is 2.79 bits per heavy atom. The van der Waals surface area contributed by atoms with Gasteiger partial charge in [-0.15, -0.1) is 0 Å². The second-order valence-electron chi connectivity index (χ2n) is 6.74. The number of aromatic nitrogens is 1. The number of nitrogens with zero attached hydrogens (tertiary/aromatic N) is 2. The van der Waals surface area contributed by atoms with Crippen molar-refractivity contribution in [3.63, 3.8) is 0 Å². The van der Waals surface area contributed by atoms with Crippen molar-refractivity contribution >= 4 is 39.6 Å². The zero-order valence-corrected chi connectivity index (χ0v) is 17.2. The van der Waals surface area contributed by atoms with E-state index in [1.807, 2.05) is 46.0 Å². The number of thiazole rings is 1. The summed E-state index contributed by atoms with van der Waals surface area (Å²) in [7, 11) is 0. The minimum Gasteiger partial charge on any atom is -0.337 e. The van der Waals surface area contributed by atoms with Crippen LogP contribution < -0.4 is 5.32 Å². The number of benzene rings is 1. The molecule has 0 saturated carbocycles. The molecule has 0 radical (unpaired) electrons. The first kappa shape index (κ1) is 18.8. The third-order valence-corrected chi connectivity index (χ3v) is 6.64. The van der Waals surface area contributed by atoms with Gasteiger partial charge in [0.1, 0.15) is 0 Å². The third kappa shape index (κ3) is 3.86. The highest BCUT2D eigenvalue weighted by Crippen LogP contribution is 2.31. The zero-order valence-electron chi connectivity index (χ0n) is 15.6. The molecule has 0 saturated heterocycles. The maximum absolute atomic E-state index is 13.1. The molecule has 0 fully saturated rings. The number of amides is 2. The van der Waals surface area contributed by atoms with Crippen LogP contribution in [0.1, 0.15) is 45.8 Å². The molecule has 1 atom stereocenters. The monoisotopic (exact) mass is 411 g/mol. The summed E-state index contributed by atoms with van der Waals surface area (Å²) in [5, 5.41) is 7.17. The van der Waals surface area contributed by atoms with Crippen LogP contribution in [0.2, 0.25) is 0 Å². The van der Waals surface area contributed by atoms with E-state index in [1.165, 1.54) is 22.7 Å². The molecule has 5 nitrogen and oxygen atoms in total. The van der Waals surface area contributed by atoms with Crippen LogP contribution in [0, 0.1) is 0 Å². The maximum Gasteiger partial charge on any atom is 0.258 e. The fourth-order valence-corrected chi connectivity index (χ4v) is 5.11. The first-order chi connectivity index (χ1) is 13.7. The second-order valence-corrected chi connectivity index (χ2v) is 8.60. The lowest BCUT2D eigenvalue weighted by Gasteiger charge is -2.29. The molecule has 144 valence electrons. The molecule has 4 rings (SSSR count). The molecule has 0 unspecified atom stereocenters. The lowest BCUT2D eigenvalue weighted by atomic mass is 9.94. The third-order valence-electron chi connectivity index (χ3n) is 4.96. The Labute approximate surface area is 172 Å². The number of carbonyl (C=O) groups is 2. The molecule has 1 aliphatic rings. The van der Waals surface area contributed by atoms with Gasteiger partial charge in [-0.1, -0.05) is 48.6 Å². The quantitative estimate of drug-likeness (QED) is 0.671. The number of nitrogens with one attached hydrogen (secondary N) is 1. The van der Waals surface area contributed by atoms with Crippen molar-refractivity contribution in [2.45, 2.75) is 32.2 Å². The fraction of sp³-hybridized carbons (Fsp3) is 0.286. The summed E-state index contributed by atoms with van der Waals surface area (Å²) in [6.07, 6.45) is 1.49. The van der Waals surface area contributed by atoms with Crippen molar-refractivity contribution in [3.8, 4) is 0 Å². The van der Waals surface area contributed by atoms with Crippen LogP contribution in [0.4, 0.5) is 5.13 Å². The van der Waals surface area contributed by atoms with E-state index in [1.54, 1.807) is 6.07 Å². The van der Waals surface area contributed by atoms with Gasteiger partial charge < -0.3 is 4.90 Å². The van der Waals surface area contributed by atoms with Crippen LogP contribution in [0.3, 0.4) is 0 Å². The largest absolute Gasteiger partial charge is 0.337 e. The SMILES string of the molecule is CC[C@@H](C(=O)N1CCc2nc(NC(=O)c3ccsc3)sc2C1)c1ccccc1. The molecular formula is C21H21N3O2S2. The van der Waals surface area contributed by atoms with Crippen molar-refractivity contribution in [1.29, 1.82) is 0 Å². The number of fused-ring (bicyclic) bond motifs is 1. The van der Waals surface area contributed by atoms with Crippen molar-refractivity contribution in [2.24, 2.45) is 0 Å². The average molecular weight is 412 g/mol. The van der Waals surface area contributed by atoms with Gasteiger partial charge in [-0.25, -0.2) is 4.98 Å². The zero-order chi connectivity index (χ0) is 19.5. The molecule has 1 aromatic carbocycles. The second kappa shape index (κ2) is 8.24. The van der Waals surface area contributed by atoms with Crippen LogP contribution in [-0.4, -0.2) is 28.2 Å². The normalized spacial score (nSPS) is 14.4. The number of anilines is 1. The topological polar surface area (TPSA) is 62.3 Å². The first-order valence-electron chi connectivity index (χ1n) is 9.31. The van der Waals surface area contributed by atoms with Crippen molar-refractivity contribution in [3.05, 3.63) is 68.9 Å². The van der Waals surface area contributed by atoms with Gasteiger partial charge in [0.2, 0.25) is 5.91 Å². The lowest BCUT2D eigenvalue weighted by molar-refractivity contribution is -0.133. The van der Waals surface area contributed by atoms with E-state index in [-0.39, 0.29) is 17.7 Å². The van der Waals surface area contributed by atoms with Gasteiger partial charge in [-0.3, -0.25) is 14.9 Å². The van der Waals surface area contributed by atoms with Crippen molar-refractivity contribution < 1.29 is 9.59 Å². The predicted octanol–water partition coefficient (Wildman–Crippen LogP) is 4.54. The van der Waals surface area contributed by atoms with E-state index < -0.39 is 0 Å². The van der Waals surface area contributed by atoms with Crippen LogP contribution in [-0.2, 0) is 17.8 Å². The van der Waals surface area contributed by atoms with Gasteiger partial charge in [0.25, 0.3) is 5.91 Å². The Balaban J connectivity index is 1.46. The van der Waals surface area contributed by atoms with E-state index in [0.717, 1.165) is 29.0 Å². The predicted molar refractivity (Wildman–Crippen MR) is 113 cm³/mol. The summed E-state index contributed by atoms with van der Waals surface area (Å²) >= 11 is 2.95. The molecule has 2 aromatic heterocycles. The first-order valence-corrected chi connectivity index (χ1v) is 11.1. The van der Waals surface area contributed by atoms with Gasteiger partial charge in [-0.05, 0) is 23.4 Å². The Morgan fingerprint density at radius 1 is 1.25 bits per heavy atom. The number of hydrogen-bond donors (Lipinski definition) is 1. The highest BCUT2D eigenvalue weighted by Gasteiger charge is 2.29. The summed E-state index contributed by atoms with van der Waals surface area (Å²) in [5.41, 5.74) is 2.69. The molecule has 2 amide bonds. The van der Waals surface area contributed by atoms with Gasteiger partial charge in [0.05, 0.1) is 23.7 Å². The highest BCUT2D eigenvalue weighted by molar-refractivity contribution is 7.16. The highest BCUT2D eigenvalue weighted by atomic mass is 32.1. The number of rotatable bonds is 5. The average Bonchev–Trinajstić information content (AvgIpc) is 3.38. The van der Waals surface area contributed by atoms with Crippen LogP contribution in [0.5, 0.6) is 0 Å². The van der Waals surface area contributed by atoms with Crippen molar-refractivity contribution in [2.75, 3.05) is 11.9 Å². The van der Waals surface area contributed by atoms with E-state index >= 15 is 0 Å². The molecule has 1 N–H and O–H groups in total. The summed E-state index contributed by atoms with van der Waals surface area (Å²) < 4.78 is 0. The summed E-state index contributed by atoms with van der Waals surface area (Å²) in [6.45, 7) is 3.27.